The summed E-state index contributed by atoms with van der Waals surface area (Å²) in [6, 6.07) is 23.2. The summed E-state index contributed by atoms with van der Waals surface area (Å²) in [5.41, 5.74) is 3.02. The second kappa shape index (κ2) is 11.6. The van der Waals surface area contributed by atoms with Crippen LogP contribution < -0.4 is 4.74 Å². The van der Waals surface area contributed by atoms with E-state index in [4.69, 9.17) is 9.47 Å². The number of rotatable bonds is 9. The number of aliphatic hydroxyl groups excluding tert-OH is 1. The smallest absolute Gasteiger partial charge is 0.222 e. The number of piperidine rings is 1. The molecule has 0 radical (unpaired) electrons. The first-order valence-corrected chi connectivity index (χ1v) is 12.6. The molecule has 190 valence electrons. The molecule has 1 unspecified atom stereocenters. The molecule has 1 fully saturated rings. The molecule has 0 saturated carbocycles. The van der Waals surface area contributed by atoms with E-state index in [2.05, 4.69) is 24.3 Å². The van der Waals surface area contributed by atoms with Crippen LogP contribution in [0, 0.1) is 0 Å². The monoisotopic (exact) mass is 489 g/mol. The van der Waals surface area contributed by atoms with Gasteiger partial charge in [-0.1, -0.05) is 48.5 Å². The van der Waals surface area contributed by atoms with Crippen LogP contribution in [0.5, 0.6) is 11.5 Å². The van der Waals surface area contributed by atoms with Crippen molar-refractivity contribution >= 4 is 5.91 Å². The molecule has 0 spiro atoms. The summed E-state index contributed by atoms with van der Waals surface area (Å²) in [6.45, 7) is 3.71. The lowest BCUT2D eigenvalue weighted by Gasteiger charge is -2.36. The predicted octanol–water partition coefficient (Wildman–Crippen LogP) is 4.65. The Morgan fingerprint density at radius 3 is 1.97 bits per heavy atom. The zero-order chi connectivity index (χ0) is 25.5. The molecule has 1 saturated heterocycles. The van der Waals surface area contributed by atoms with Crippen LogP contribution in [0.3, 0.4) is 0 Å². The number of methoxy groups -OCH3 is 1. The van der Waals surface area contributed by atoms with Crippen molar-refractivity contribution in [3.63, 3.8) is 0 Å². The summed E-state index contributed by atoms with van der Waals surface area (Å²) in [6.07, 6.45) is 2.13. The SMILES string of the molecule is CCOC(c1ccc(O)cc1)(c1ccc(CCC(=O)N2CCC(O)CC2)cc1)c1ccc(OC)cc1. The number of nitrogens with zero attached hydrogens (tertiary/aromatic N) is 1. The summed E-state index contributed by atoms with van der Waals surface area (Å²) >= 11 is 0. The van der Waals surface area contributed by atoms with Crippen molar-refractivity contribution in [1.29, 1.82) is 0 Å². The Bertz CT molecular complexity index is 1120. The summed E-state index contributed by atoms with van der Waals surface area (Å²) < 4.78 is 11.9. The van der Waals surface area contributed by atoms with Crippen LogP contribution in [-0.4, -0.2) is 53.9 Å². The molecule has 6 heteroatoms. The van der Waals surface area contributed by atoms with Crippen LogP contribution in [0.25, 0.3) is 0 Å². The van der Waals surface area contributed by atoms with Gasteiger partial charge in [-0.3, -0.25) is 4.79 Å². The number of hydrogen-bond donors (Lipinski definition) is 2. The highest BCUT2D eigenvalue weighted by Crippen LogP contribution is 2.41. The molecule has 1 amide bonds. The molecule has 3 aromatic rings. The lowest BCUT2D eigenvalue weighted by Crippen LogP contribution is -2.40. The largest absolute Gasteiger partial charge is 0.508 e. The number of aryl methyl sites for hydroxylation is 1. The fourth-order valence-electron chi connectivity index (χ4n) is 4.92. The van der Waals surface area contributed by atoms with E-state index >= 15 is 0 Å². The Morgan fingerprint density at radius 1 is 0.917 bits per heavy atom. The third kappa shape index (κ3) is 5.55. The van der Waals surface area contributed by atoms with E-state index in [0.717, 1.165) is 28.0 Å². The minimum absolute atomic E-state index is 0.136. The van der Waals surface area contributed by atoms with Gasteiger partial charge < -0.3 is 24.6 Å². The van der Waals surface area contributed by atoms with E-state index < -0.39 is 5.60 Å². The van der Waals surface area contributed by atoms with E-state index in [1.54, 1.807) is 19.2 Å². The number of benzene rings is 3. The van der Waals surface area contributed by atoms with Crippen molar-refractivity contribution in [1.82, 2.24) is 4.90 Å². The van der Waals surface area contributed by atoms with Gasteiger partial charge in [0.25, 0.3) is 0 Å². The molecular formula is C30H35NO5. The van der Waals surface area contributed by atoms with E-state index in [1.165, 1.54) is 0 Å². The fraction of sp³-hybridized carbons (Fsp3) is 0.367. The molecule has 3 aromatic carbocycles. The quantitative estimate of drug-likeness (QED) is 0.428. The first kappa shape index (κ1) is 25.7. The summed E-state index contributed by atoms with van der Waals surface area (Å²) in [4.78, 5) is 14.5. The van der Waals surface area contributed by atoms with Gasteiger partial charge in [0.15, 0.2) is 0 Å². The molecule has 1 aliphatic rings. The second-order valence-corrected chi connectivity index (χ2v) is 9.20. The zero-order valence-corrected chi connectivity index (χ0v) is 21.0. The number of ether oxygens (including phenoxy) is 2. The first-order chi connectivity index (χ1) is 17.5. The number of carbonyl (C=O) groups excluding carboxylic acids is 1. The van der Waals surface area contributed by atoms with Crippen molar-refractivity contribution in [3.8, 4) is 11.5 Å². The van der Waals surface area contributed by atoms with E-state index in [0.29, 0.717) is 45.4 Å². The minimum atomic E-state index is -0.877. The van der Waals surface area contributed by atoms with Gasteiger partial charge in [-0.2, -0.15) is 0 Å². The number of amides is 1. The molecule has 1 aliphatic heterocycles. The van der Waals surface area contributed by atoms with Crippen LogP contribution in [0.2, 0.25) is 0 Å². The minimum Gasteiger partial charge on any atom is -0.508 e. The van der Waals surface area contributed by atoms with Crippen molar-refractivity contribution in [2.24, 2.45) is 0 Å². The summed E-state index contributed by atoms with van der Waals surface area (Å²) in [7, 11) is 1.64. The van der Waals surface area contributed by atoms with Gasteiger partial charge in [0.1, 0.15) is 17.1 Å². The highest BCUT2D eigenvalue weighted by atomic mass is 16.5. The lowest BCUT2D eigenvalue weighted by atomic mass is 9.79. The average molecular weight is 490 g/mol. The maximum absolute atomic E-state index is 12.6. The molecule has 6 nitrogen and oxygen atoms in total. The highest BCUT2D eigenvalue weighted by molar-refractivity contribution is 5.76. The molecule has 0 bridgehead atoms. The van der Waals surface area contributed by atoms with E-state index in [9.17, 15) is 15.0 Å². The van der Waals surface area contributed by atoms with Crippen LogP contribution in [0.4, 0.5) is 0 Å². The maximum Gasteiger partial charge on any atom is 0.222 e. The normalized spacial score (nSPS) is 15.9. The highest BCUT2D eigenvalue weighted by Gasteiger charge is 2.37. The van der Waals surface area contributed by atoms with Gasteiger partial charge in [-0.15, -0.1) is 0 Å². The number of carbonyl (C=O) groups is 1. The van der Waals surface area contributed by atoms with Gasteiger partial charge in [-0.05, 0) is 72.7 Å². The van der Waals surface area contributed by atoms with Crippen LogP contribution in [-0.2, 0) is 21.6 Å². The fourth-order valence-corrected chi connectivity index (χ4v) is 4.92. The first-order valence-electron chi connectivity index (χ1n) is 12.6. The van der Waals surface area contributed by atoms with Gasteiger partial charge in [0.05, 0.1) is 13.2 Å². The van der Waals surface area contributed by atoms with Crippen molar-refractivity contribution in [2.45, 2.75) is 44.3 Å². The molecule has 1 atom stereocenters. The van der Waals surface area contributed by atoms with E-state index in [-0.39, 0.29) is 17.8 Å². The topological polar surface area (TPSA) is 79.2 Å². The van der Waals surface area contributed by atoms with Gasteiger partial charge in [0.2, 0.25) is 5.91 Å². The molecule has 36 heavy (non-hydrogen) atoms. The summed E-state index contributed by atoms with van der Waals surface area (Å²) in [5.74, 6) is 1.09. The number of phenolic OH excluding ortho intramolecular Hbond substituents is 1. The number of phenols is 1. The average Bonchev–Trinajstić information content (AvgIpc) is 2.92. The summed E-state index contributed by atoms with van der Waals surface area (Å²) in [5, 5.41) is 19.6. The van der Waals surface area contributed by atoms with E-state index in [1.807, 2.05) is 48.2 Å². The lowest BCUT2D eigenvalue weighted by molar-refractivity contribution is -0.133. The predicted molar refractivity (Wildman–Crippen MR) is 139 cm³/mol. The Kier molecular flexibility index (Phi) is 8.28. The third-order valence-corrected chi connectivity index (χ3v) is 6.94. The Morgan fingerprint density at radius 2 is 1.44 bits per heavy atom. The van der Waals surface area contributed by atoms with Crippen molar-refractivity contribution in [2.75, 3.05) is 26.8 Å². The van der Waals surface area contributed by atoms with Crippen LogP contribution >= 0.6 is 0 Å². The molecule has 0 aliphatic carbocycles. The molecule has 0 aromatic heterocycles. The Balaban J connectivity index is 1.61. The van der Waals surface area contributed by atoms with Crippen LogP contribution in [0.1, 0.15) is 48.4 Å². The standard InChI is InChI=1S/C30H35NO5/c1-3-36-30(24-9-13-26(32)14-10-24,25-11-15-28(35-2)16-12-25)23-7-4-22(5-8-23)6-17-29(34)31-20-18-27(33)19-21-31/h4-5,7-16,27,32-33H,3,6,17-21H2,1-2H3. The van der Waals surface area contributed by atoms with Crippen LogP contribution in [0.15, 0.2) is 72.8 Å². The van der Waals surface area contributed by atoms with Crippen molar-refractivity contribution < 1.29 is 24.5 Å². The molecule has 2 N–H and O–H groups in total. The number of aliphatic hydroxyl groups is 1. The molecule has 4 rings (SSSR count). The van der Waals surface area contributed by atoms with Gasteiger partial charge in [-0.25, -0.2) is 0 Å². The third-order valence-electron chi connectivity index (χ3n) is 6.94. The number of likely N-dealkylation sites (tertiary alicyclic amines) is 1. The maximum atomic E-state index is 12.6. The number of hydrogen-bond acceptors (Lipinski definition) is 5. The Hall–Kier alpha value is -3.35. The number of aromatic hydroxyl groups is 1. The Labute approximate surface area is 213 Å². The van der Waals surface area contributed by atoms with Crippen molar-refractivity contribution in [3.05, 3.63) is 95.1 Å². The molecular weight excluding hydrogens is 454 g/mol. The van der Waals surface area contributed by atoms with Gasteiger partial charge >= 0.3 is 0 Å². The zero-order valence-electron chi connectivity index (χ0n) is 21.0. The second-order valence-electron chi connectivity index (χ2n) is 9.20. The van der Waals surface area contributed by atoms with Gasteiger partial charge in [0, 0.05) is 26.1 Å². The molecule has 1 heterocycles.